The lowest BCUT2D eigenvalue weighted by Gasteiger charge is -2.34. The molecule has 0 aromatic carbocycles. The number of amides is 1. The zero-order chi connectivity index (χ0) is 14.8. The first-order chi connectivity index (χ1) is 9.46. The number of carbonyl (C=O) groups excluding carboxylic acids is 1. The van der Waals surface area contributed by atoms with Crippen LogP contribution in [0.1, 0.15) is 39.0 Å². The zero-order valence-corrected chi connectivity index (χ0v) is 12.4. The van der Waals surface area contributed by atoms with E-state index in [4.69, 9.17) is 11.5 Å². The first-order valence-corrected chi connectivity index (χ1v) is 7.75. The van der Waals surface area contributed by atoms with Crippen molar-refractivity contribution in [3.8, 4) is 0 Å². The van der Waals surface area contributed by atoms with E-state index in [0.29, 0.717) is 24.5 Å². The molecule has 0 bridgehead atoms. The molecule has 1 fully saturated rings. The lowest BCUT2D eigenvalue weighted by molar-refractivity contribution is -0.124. The summed E-state index contributed by atoms with van der Waals surface area (Å²) in [6.45, 7) is 2.64. The van der Waals surface area contributed by atoms with Crippen LogP contribution < -0.4 is 17.2 Å². The molecule has 1 heterocycles. The fourth-order valence-corrected chi connectivity index (χ4v) is 3.91. The van der Waals surface area contributed by atoms with Crippen molar-refractivity contribution in [1.29, 1.82) is 0 Å². The Morgan fingerprint density at radius 1 is 1.65 bits per heavy atom. The molecule has 20 heavy (non-hydrogen) atoms. The Bertz CT molecular complexity index is 540. The molecule has 1 aromatic heterocycles. The van der Waals surface area contributed by atoms with Crippen molar-refractivity contribution in [3.63, 3.8) is 0 Å². The van der Waals surface area contributed by atoms with E-state index in [9.17, 15) is 9.59 Å². The van der Waals surface area contributed by atoms with Crippen LogP contribution in [0.3, 0.4) is 0 Å². The zero-order valence-electron chi connectivity index (χ0n) is 11.6. The second-order valence-electron chi connectivity index (χ2n) is 5.32. The number of aromatic amines is 1. The Morgan fingerprint density at radius 2 is 2.40 bits per heavy atom. The molecule has 0 aliphatic heterocycles. The van der Waals surface area contributed by atoms with Gasteiger partial charge in [0.2, 0.25) is 5.91 Å². The monoisotopic (exact) mass is 299 g/mol. The molecular weight excluding hydrogens is 278 g/mol. The fourth-order valence-electron chi connectivity index (χ4n) is 2.54. The summed E-state index contributed by atoms with van der Waals surface area (Å²) in [5.74, 6) is -0.448. The number of thioether (sulfide) groups is 1. The molecular formula is C12H21N5O2S. The van der Waals surface area contributed by atoms with E-state index in [1.165, 1.54) is 11.8 Å². The molecule has 1 aliphatic carbocycles. The minimum atomic E-state index is -0.928. The number of rotatable bonds is 5. The van der Waals surface area contributed by atoms with Crippen LogP contribution in [0.5, 0.6) is 0 Å². The van der Waals surface area contributed by atoms with Crippen LogP contribution in [0.2, 0.25) is 0 Å². The van der Waals surface area contributed by atoms with Crippen LogP contribution in [-0.2, 0) is 11.3 Å². The van der Waals surface area contributed by atoms with Gasteiger partial charge in [0.1, 0.15) is 0 Å². The molecule has 0 saturated heterocycles. The van der Waals surface area contributed by atoms with Crippen molar-refractivity contribution in [2.45, 2.75) is 61.5 Å². The maximum Gasteiger partial charge on any atom is 0.343 e. The summed E-state index contributed by atoms with van der Waals surface area (Å²) in [7, 11) is 0. The summed E-state index contributed by atoms with van der Waals surface area (Å²) >= 11 is 1.50. The largest absolute Gasteiger partial charge is 0.368 e. The number of hydrogen-bond acceptors (Lipinski definition) is 5. The van der Waals surface area contributed by atoms with Gasteiger partial charge < -0.3 is 11.5 Å². The molecule has 2 atom stereocenters. The Labute approximate surface area is 121 Å². The minimum Gasteiger partial charge on any atom is -0.368 e. The van der Waals surface area contributed by atoms with Gasteiger partial charge in [0, 0.05) is 11.8 Å². The van der Waals surface area contributed by atoms with Crippen molar-refractivity contribution in [1.82, 2.24) is 14.8 Å². The number of aromatic nitrogens is 3. The number of primary amides is 1. The molecule has 2 unspecified atom stereocenters. The lowest BCUT2D eigenvalue weighted by atomic mass is 9.82. The molecule has 1 aromatic rings. The highest BCUT2D eigenvalue weighted by Gasteiger charge is 2.38. The van der Waals surface area contributed by atoms with Gasteiger partial charge in [-0.2, -0.15) is 0 Å². The maximum absolute atomic E-state index is 11.6. The van der Waals surface area contributed by atoms with Gasteiger partial charge in [-0.15, -0.1) is 5.10 Å². The van der Waals surface area contributed by atoms with E-state index in [0.717, 1.165) is 19.3 Å². The molecule has 1 saturated carbocycles. The molecule has 1 amide bonds. The van der Waals surface area contributed by atoms with Crippen molar-refractivity contribution in [2.75, 3.05) is 0 Å². The number of hydrogen-bond donors (Lipinski definition) is 3. The molecule has 7 nitrogen and oxygen atoms in total. The SMILES string of the molecule is CCCn1c(SC2CCCC(N)(C(N)=O)C2)n[nH]c1=O. The predicted octanol–water partition coefficient (Wildman–Crippen LogP) is 0.199. The first kappa shape index (κ1) is 15.1. The van der Waals surface area contributed by atoms with Crippen LogP contribution in [0.25, 0.3) is 0 Å². The Kier molecular flexibility index (Phi) is 4.54. The fraction of sp³-hybridized carbons (Fsp3) is 0.750. The van der Waals surface area contributed by atoms with Crippen molar-refractivity contribution < 1.29 is 4.79 Å². The number of nitrogens with zero attached hydrogens (tertiary/aromatic N) is 2. The Hall–Kier alpha value is -1.28. The van der Waals surface area contributed by atoms with Crippen molar-refractivity contribution >= 4 is 17.7 Å². The molecule has 2 rings (SSSR count). The van der Waals surface area contributed by atoms with Gasteiger partial charge in [-0.3, -0.25) is 9.36 Å². The number of nitrogens with two attached hydrogens (primary N) is 2. The maximum atomic E-state index is 11.6. The summed E-state index contributed by atoms with van der Waals surface area (Å²) < 4.78 is 1.63. The van der Waals surface area contributed by atoms with Crippen LogP contribution in [0, 0.1) is 0 Å². The summed E-state index contributed by atoms with van der Waals surface area (Å²) in [6.07, 6.45) is 3.82. The standard InChI is InChI=1S/C12H21N5O2S/c1-2-6-17-10(19)15-16-11(17)20-8-4-3-5-12(14,7-8)9(13)18/h8H,2-7,14H2,1H3,(H2,13,18)(H,15,19). The summed E-state index contributed by atoms with van der Waals surface area (Å²) in [5.41, 5.74) is 10.3. The lowest BCUT2D eigenvalue weighted by Crippen LogP contribution is -2.55. The quantitative estimate of drug-likeness (QED) is 0.717. The van der Waals surface area contributed by atoms with Gasteiger partial charge in [-0.25, -0.2) is 9.89 Å². The second kappa shape index (κ2) is 6.01. The van der Waals surface area contributed by atoms with Gasteiger partial charge in [0.15, 0.2) is 5.16 Å². The number of H-pyrrole nitrogens is 1. The predicted molar refractivity (Wildman–Crippen MR) is 77.4 cm³/mol. The van der Waals surface area contributed by atoms with Gasteiger partial charge in [-0.1, -0.05) is 18.7 Å². The number of nitrogens with one attached hydrogen (secondary N) is 1. The normalized spacial score (nSPS) is 26.6. The van der Waals surface area contributed by atoms with Crippen LogP contribution in [-0.4, -0.2) is 31.5 Å². The Balaban J connectivity index is 2.10. The third-order valence-corrected chi connectivity index (χ3v) is 4.93. The third-order valence-electron chi connectivity index (χ3n) is 3.67. The summed E-state index contributed by atoms with van der Waals surface area (Å²) in [6, 6.07) is 0. The van der Waals surface area contributed by atoms with Crippen LogP contribution in [0.4, 0.5) is 0 Å². The van der Waals surface area contributed by atoms with Crippen LogP contribution >= 0.6 is 11.8 Å². The number of carbonyl (C=O) groups is 1. The van der Waals surface area contributed by atoms with E-state index < -0.39 is 11.4 Å². The van der Waals surface area contributed by atoms with Crippen molar-refractivity contribution in [3.05, 3.63) is 10.5 Å². The second-order valence-corrected chi connectivity index (χ2v) is 6.59. The van der Waals surface area contributed by atoms with E-state index in [1.807, 2.05) is 6.92 Å². The average Bonchev–Trinajstić information content (AvgIpc) is 2.72. The minimum absolute atomic E-state index is 0.159. The van der Waals surface area contributed by atoms with E-state index >= 15 is 0 Å². The van der Waals surface area contributed by atoms with Crippen molar-refractivity contribution in [2.24, 2.45) is 11.5 Å². The van der Waals surface area contributed by atoms with E-state index in [2.05, 4.69) is 10.2 Å². The van der Waals surface area contributed by atoms with E-state index in [1.54, 1.807) is 4.57 Å². The molecule has 1 aliphatic rings. The highest BCUT2D eigenvalue weighted by Crippen LogP contribution is 2.36. The summed E-state index contributed by atoms with van der Waals surface area (Å²) in [5, 5.41) is 7.34. The topological polar surface area (TPSA) is 120 Å². The smallest absolute Gasteiger partial charge is 0.343 e. The average molecular weight is 299 g/mol. The Morgan fingerprint density at radius 3 is 3.05 bits per heavy atom. The molecule has 112 valence electrons. The van der Waals surface area contributed by atoms with Gasteiger partial charge in [0.05, 0.1) is 5.54 Å². The van der Waals surface area contributed by atoms with Gasteiger partial charge >= 0.3 is 5.69 Å². The van der Waals surface area contributed by atoms with E-state index in [-0.39, 0.29) is 10.9 Å². The molecule has 8 heteroatoms. The first-order valence-electron chi connectivity index (χ1n) is 6.87. The molecule has 5 N–H and O–H groups in total. The van der Waals surface area contributed by atoms with Gasteiger partial charge in [-0.05, 0) is 32.1 Å². The van der Waals surface area contributed by atoms with Gasteiger partial charge in [0.25, 0.3) is 0 Å². The summed E-state index contributed by atoms with van der Waals surface area (Å²) in [4.78, 5) is 23.1. The molecule has 0 spiro atoms. The highest BCUT2D eigenvalue weighted by atomic mass is 32.2. The third kappa shape index (κ3) is 3.06. The highest BCUT2D eigenvalue weighted by molar-refractivity contribution is 7.99. The van der Waals surface area contributed by atoms with Crippen LogP contribution in [0.15, 0.2) is 9.95 Å². The molecule has 0 radical (unpaired) electrons.